The number of thiocarbonyl (C=S) groups is 1. The van der Waals surface area contributed by atoms with Crippen molar-refractivity contribution in [1.29, 1.82) is 0 Å². The number of amides is 1. The second-order valence-electron chi connectivity index (χ2n) is 4.75. The molecule has 6 heteroatoms. The molecule has 1 aromatic carbocycles. The number of nitrogens with one attached hydrogen (secondary N) is 1. The van der Waals surface area contributed by atoms with Gasteiger partial charge in [0.05, 0.1) is 0 Å². The molecule has 2 aromatic rings. The Bertz CT molecular complexity index is 698. The van der Waals surface area contributed by atoms with Crippen molar-refractivity contribution in [3.63, 3.8) is 0 Å². The van der Waals surface area contributed by atoms with Crippen molar-refractivity contribution < 1.29 is 9.21 Å². The van der Waals surface area contributed by atoms with Gasteiger partial charge < -0.3 is 9.32 Å². The van der Waals surface area contributed by atoms with Crippen LogP contribution >= 0.6 is 28.1 Å². The van der Waals surface area contributed by atoms with E-state index in [0.29, 0.717) is 9.78 Å². The molecular formula is C15H13BrN2O2S. The molecule has 0 spiro atoms. The fourth-order valence-electron chi connectivity index (χ4n) is 2.41. The average molecular weight is 365 g/mol. The van der Waals surface area contributed by atoms with Gasteiger partial charge in [0.1, 0.15) is 0 Å². The van der Waals surface area contributed by atoms with Crippen LogP contribution < -0.4 is 10.2 Å². The third-order valence-corrected chi connectivity index (χ3v) is 4.12. The first-order chi connectivity index (χ1) is 10.1. The quantitative estimate of drug-likeness (QED) is 0.786. The number of para-hydroxylation sites is 1. The summed E-state index contributed by atoms with van der Waals surface area (Å²) >= 11 is 8.55. The Kier molecular flexibility index (Phi) is 4.07. The molecule has 0 radical (unpaired) electrons. The Morgan fingerprint density at radius 3 is 2.86 bits per heavy atom. The van der Waals surface area contributed by atoms with Crippen LogP contribution in [0.25, 0.3) is 0 Å². The Labute approximate surface area is 136 Å². The molecule has 2 heterocycles. The maximum Gasteiger partial charge on any atom is 0.293 e. The van der Waals surface area contributed by atoms with Gasteiger partial charge in [0.15, 0.2) is 15.5 Å². The van der Waals surface area contributed by atoms with Crippen molar-refractivity contribution in [2.75, 3.05) is 11.4 Å². The molecule has 0 bridgehead atoms. The van der Waals surface area contributed by atoms with Gasteiger partial charge >= 0.3 is 0 Å². The predicted molar refractivity (Wildman–Crippen MR) is 88.6 cm³/mol. The van der Waals surface area contributed by atoms with Crippen LogP contribution in [0.3, 0.4) is 0 Å². The Hall–Kier alpha value is -1.66. The lowest BCUT2D eigenvalue weighted by atomic mass is 10.0. The maximum absolute atomic E-state index is 12.1. The third-order valence-electron chi connectivity index (χ3n) is 3.37. The summed E-state index contributed by atoms with van der Waals surface area (Å²) in [5.74, 6) is -0.108. The third kappa shape index (κ3) is 3.01. The lowest BCUT2D eigenvalue weighted by Gasteiger charge is -2.31. The molecule has 1 aliphatic rings. The number of carbonyl (C=O) groups is 1. The minimum atomic E-state index is -0.339. The molecule has 1 aromatic heterocycles. The molecule has 0 aliphatic carbocycles. The van der Waals surface area contributed by atoms with Gasteiger partial charge in [0, 0.05) is 12.2 Å². The molecule has 0 fully saturated rings. The van der Waals surface area contributed by atoms with E-state index in [4.69, 9.17) is 16.6 Å². The van der Waals surface area contributed by atoms with E-state index >= 15 is 0 Å². The van der Waals surface area contributed by atoms with Gasteiger partial charge in [0.25, 0.3) is 5.91 Å². The van der Waals surface area contributed by atoms with Crippen LogP contribution in [-0.4, -0.2) is 17.6 Å². The second-order valence-corrected chi connectivity index (χ2v) is 5.92. The van der Waals surface area contributed by atoms with Gasteiger partial charge in [-0.05, 0) is 64.8 Å². The number of aryl methyl sites for hydroxylation is 1. The molecule has 1 amide bonds. The van der Waals surface area contributed by atoms with Crippen molar-refractivity contribution in [2.45, 2.75) is 12.8 Å². The highest BCUT2D eigenvalue weighted by atomic mass is 79.9. The van der Waals surface area contributed by atoms with E-state index in [1.807, 2.05) is 23.1 Å². The molecule has 4 nitrogen and oxygen atoms in total. The van der Waals surface area contributed by atoms with E-state index in [9.17, 15) is 4.79 Å². The molecule has 21 heavy (non-hydrogen) atoms. The molecule has 0 saturated heterocycles. The number of fused-ring (bicyclic) bond motifs is 1. The van der Waals surface area contributed by atoms with Gasteiger partial charge in [-0.1, -0.05) is 18.2 Å². The highest BCUT2D eigenvalue weighted by Crippen LogP contribution is 2.26. The lowest BCUT2D eigenvalue weighted by Crippen LogP contribution is -2.45. The standard InChI is InChI=1S/C15H13BrN2O2S/c16-13-8-7-12(20-13)14(19)17-15(21)18-9-3-5-10-4-1-2-6-11(10)18/h1-2,4,6-8H,3,5,9H2,(H,17,19,21). The smallest absolute Gasteiger partial charge is 0.293 e. The number of carbonyl (C=O) groups excluding carboxylic acids is 1. The monoisotopic (exact) mass is 364 g/mol. The molecule has 3 rings (SSSR count). The Morgan fingerprint density at radius 1 is 1.29 bits per heavy atom. The van der Waals surface area contributed by atoms with Crippen LogP contribution in [0.15, 0.2) is 45.5 Å². The number of furan rings is 1. The summed E-state index contributed by atoms with van der Waals surface area (Å²) in [5.41, 5.74) is 2.32. The summed E-state index contributed by atoms with van der Waals surface area (Å²) in [6.45, 7) is 0.804. The first-order valence-electron chi connectivity index (χ1n) is 6.61. The number of rotatable bonds is 1. The van der Waals surface area contributed by atoms with Gasteiger partial charge in [-0.2, -0.15) is 0 Å². The summed E-state index contributed by atoms with van der Waals surface area (Å²) in [6.07, 6.45) is 2.05. The van der Waals surface area contributed by atoms with Crippen LogP contribution in [0.4, 0.5) is 5.69 Å². The number of nitrogens with zero attached hydrogens (tertiary/aromatic N) is 1. The molecule has 108 valence electrons. The summed E-state index contributed by atoms with van der Waals surface area (Å²) in [5, 5.41) is 3.13. The molecular weight excluding hydrogens is 352 g/mol. The van der Waals surface area contributed by atoms with Crippen LogP contribution in [0, 0.1) is 0 Å². The zero-order chi connectivity index (χ0) is 14.8. The first kappa shape index (κ1) is 14.3. The highest BCUT2D eigenvalue weighted by Gasteiger charge is 2.22. The van der Waals surface area contributed by atoms with Crippen LogP contribution in [0.5, 0.6) is 0 Å². The summed E-state index contributed by atoms with van der Waals surface area (Å²) in [4.78, 5) is 14.0. The number of halogens is 1. The summed E-state index contributed by atoms with van der Waals surface area (Å²) in [7, 11) is 0. The maximum atomic E-state index is 12.1. The number of benzene rings is 1. The minimum Gasteiger partial charge on any atom is -0.444 e. The molecule has 1 aliphatic heterocycles. The number of hydrogen-bond acceptors (Lipinski definition) is 3. The van der Waals surface area contributed by atoms with Crippen LogP contribution in [0.2, 0.25) is 0 Å². The van der Waals surface area contributed by atoms with E-state index in [1.165, 1.54) is 5.56 Å². The molecule has 0 unspecified atom stereocenters. The predicted octanol–water partition coefficient (Wildman–Crippen LogP) is 3.51. The topological polar surface area (TPSA) is 45.5 Å². The Balaban J connectivity index is 1.76. The molecule has 0 saturated carbocycles. The van der Waals surface area contributed by atoms with Crippen molar-refractivity contribution >= 4 is 44.9 Å². The van der Waals surface area contributed by atoms with Gasteiger partial charge in [-0.3, -0.25) is 10.1 Å². The SMILES string of the molecule is O=C(NC(=S)N1CCCc2ccccc21)c1ccc(Br)o1. The van der Waals surface area contributed by atoms with Gasteiger partial charge in [0.2, 0.25) is 0 Å². The number of hydrogen-bond donors (Lipinski definition) is 1. The van der Waals surface area contributed by atoms with Crippen LogP contribution in [-0.2, 0) is 6.42 Å². The summed E-state index contributed by atoms with van der Waals surface area (Å²) in [6, 6.07) is 11.4. The van der Waals surface area contributed by atoms with E-state index in [0.717, 1.165) is 25.1 Å². The fourth-order valence-corrected chi connectivity index (χ4v) is 3.00. The van der Waals surface area contributed by atoms with Crippen molar-refractivity contribution in [2.24, 2.45) is 0 Å². The van der Waals surface area contributed by atoms with E-state index in [-0.39, 0.29) is 11.7 Å². The van der Waals surface area contributed by atoms with Crippen molar-refractivity contribution in [1.82, 2.24) is 5.32 Å². The first-order valence-corrected chi connectivity index (χ1v) is 7.81. The van der Waals surface area contributed by atoms with Crippen molar-refractivity contribution in [3.8, 4) is 0 Å². The van der Waals surface area contributed by atoms with Crippen molar-refractivity contribution in [3.05, 3.63) is 52.4 Å². The van der Waals surface area contributed by atoms with Crippen LogP contribution in [0.1, 0.15) is 22.5 Å². The number of anilines is 1. The highest BCUT2D eigenvalue weighted by molar-refractivity contribution is 9.10. The van der Waals surface area contributed by atoms with E-state index in [1.54, 1.807) is 12.1 Å². The van der Waals surface area contributed by atoms with E-state index in [2.05, 4.69) is 27.3 Å². The zero-order valence-corrected chi connectivity index (χ0v) is 13.5. The fraction of sp³-hybridized carbons (Fsp3) is 0.200. The van der Waals surface area contributed by atoms with Gasteiger partial charge in [-0.25, -0.2) is 0 Å². The van der Waals surface area contributed by atoms with E-state index < -0.39 is 0 Å². The second kappa shape index (κ2) is 5.99. The minimum absolute atomic E-state index is 0.231. The summed E-state index contributed by atoms with van der Waals surface area (Å²) < 4.78 is 5.75. The Morgan fingerprint density at radius 2 is 2.10 bits per heavy atom. The zero-order valence-electron chi connectivity index (χ0n) is 11.1. The molecule has 0 atom stereocenters. The lowest BCUT2D eigenvalue weighted by molar-refractivity contribution is 0.0949. The normalized spacial score (nSPS) is 13.7. The molecule has 1 N–H and O–H groups in total. The largest absolute Gasteiger partial charge is 0.444 e. The van der Waals surface area contributed by atoms with Gasteiger partial charge in [-0.15, -0.1) is 0 Å². The average Bonchev–Trinajstić information content (AvgIpc) is 2.93.